The maximum atomic E-state index is 11.3. The molecule has 114 valence electrons. The average molecular weight is 293 g/mol. The van der Waals surface area contributed by atoms with Crippen molar-refractivity contribution in [1.82, 2.24) is 5.32 Å². The molecule has 1 N–H and O–H groups in total. The Kier molecular flexibility index (Phi) is 15.5. The molecule has 0 spiro atoms. The van der Waals surface area contributed by atoms with Gasteiger partial charge in [0.05, 0.1) is 33.0 Å². The van der Waals surface area contributed by atoms with Crippen LogP contribution in [-0.4, -0.2) is 64.1 Å². The van der Waals surface area contributed by atoms with Crippen molar-refractivity contribution in [2.24, 2.45) is 0 Å². The van der Waals surface area contributed by atoms with Gasteiger partial charge in [-0.15, -0.1) is 0 Å². The first kappa shape index (κ1) is 18.7. The van der Waals surface area contributed by atoms with E-state index in [0.29, 0.717) is 39.5 Å². The topological polar surface area (TPSA) is 56.8 Å². The fourth-order valence-electron chi connectivity index (χ4n) is 1.23. The zero-order valence-electron chi connectivity index (χ0n) is 12.1. The van der Waals surface area contributed by atoms with Crippen LogP contribution in [0.15, 0.2) is 0 Å². The second-order valence-electron chi connectivity index (χ2n) is 3.93. The predicted molar refractivity (Wildman–Crippen MR) is 78.8 cm³/mol. The lowest BCUT2D eigenvalue weighted by atomic mass is 10.4. The van der Waals surface area contributed by atoms with E-state index in [0.717, 1.165) is 25.3 Å². The van der Waals surface area contributed by atoms with E-state index in [1.54, 1.807) is 11.8 Å². The highest BCUT2D eigenvalue weighted by Crippen LogP contribution is 1.89. The highest BCUT2D eigenvalue weighted by Gasteiger charge is 1.99. The lowest BCUT2D eigenvalue weighted by Gasteiger charge is -2.07. The van der Waals surface area contributed by atoms with Crippen molar-refractivity contribution in [2.45, 2.75) is 19.8 Å². The number of rotatable bonds is 14. The van der Waals surface area contributed by atoms with Gasteiger partial charge in [0.2, 0.25) is 5.91 Å². The van der Waals surface area contributed by atoms with Crippen LogP contribution in [0.4, 0.5) is 0 Å². The minimum Gasteiger partial charge on any atom is -0.379 e. The van der Waals surface area contributed by atoms with Gasteiger partial charge in [0, 0.05) is 25.3 Å². The monoisotopic (exact) mass is 293 g/mol. The molecule has 0 aromatic heterocycles. The quantitative estimate of drug-likeness (QED) is 0.490. The molecule has 1 amide bonds. The van der Waals surface area contributed by atoms with Crippen molar-refractivity contribution >= 4 is 17.7 Å². The predicted octanol–water partition coefficient (Wildman–Crippen LogP) is 1.32. The summed E-state index contributed by atoms with van der Waals surface area (Å²) in [6.45, 7) is 6.32. The summed E-state index contributed by atoms with van der Waals surface area (Å²) in [6.07, 6.45) is 3.46. The number of amides is 1. The van der Waals surface area contributed by atoms with E-state index in [1.165, 1.54) is 0 Å². The van der Waals surface area contributed by atoms with Crippen LogP contribution < -0.4 is 5.32 Å². The Morgan fingerprint density at radius 1 is 1.00 bits per heavy atom. The van der Waals surface area contributed by atoms with Gasteiger partial charge in [-0.1, -0.05) is 6.92 Å². The van der Waals surface area contributed by atoms with Gasteiger partial charge in [0.15, 0.2) is 0 Å². The molecule has 0 unspecified atom stereocenters. The van der Waals surface area contributed by atoms with Crippen LogP contribution in [0.3, 0.4) is 0 Å². The first-order valence-electron chi connectivity index (χ1n) is 6.80. The van der Waals surface area contributed by atoms with E-state index in [2.05, 4.69) is 12.2 Å². The Hall–Kier alpha value is -0.300. The lowest BCUT2D eigenvalue weighted by molar-refractivity contribution is -0.122. The molecule has 0 fully saturated rings. The fourth-order valence-corrected chi connectivity index (χ4v) is 1.54. The molecule has 0 atom stereocenters. The second kappa shape index (κ2) is 15.8. The minimum absolute atomic E-state index is 0.0444. The summed E-state index contributed by atoms with van der Waals surface area (Å²) in [7, 11) is 0. The van der Waals surface area contributed by atoms with E-state index < -0.39 is 0 Å². The number of carbonyl (C=O) groups is 1. The Morgan fingerprint density at radius 2 is 1.58 bits per heavy atom. The Bertz CT molecular complexity index is 205. The summed E-state index contributed by atoms with van der Waals surface area (Å²) in [5, 5.41) is 2.83. The molecule has 19 heavy (non-hydrogen) atoms. The average Bonchev–Trinajstić information content (AvgIpc) is 2.41. The summed E-state index contributed by atoms with van der Waals surface area (Å²) in [6, 6.07) is 0. The van der Waals surface area contributed by atoms with E-state index >= 15 is 0 Å². The van der Waals surface area contributed by atoms with Crippen molar-refractivity contribution in [2.75, 3.05) is 58.2 Å². The van der Waals surface area contributed by atoms with Gasteiger partial charge in [0.25, 0.3) is 0 Å². The summed E-state index contributed by atoms with van der Waals surface area (Å²) >= 11 is 1.72. The first-order valence-corrected chi connectivity index (χ1v) is 8.19. The van der Waals surface area contributed by atoms with E-state index in [-0.39, 0.29) is 5.91 Å². The molecule has 6 heteroatoms. The highest BCUT2D eigenvalue weighted by molar-refractivity contribution is 7.98. The van der Waals surface area contributed by atoms with Gasteiger partial charge in [0.1, 0.15) is 0 Å². The Labute approximate surface area is 120 Å². The van der Waals surface area contributed by atoms with Crippen LogP contribution in [0.2, 0.25) is 0 Å². The van der Waals surface area contributed by atoms with Gasteiger partial charge in [-0.3, -0.25) is 4.79 Å². The van der Waals surface area contributed by atoms with Crippen LogP contribution in [0, 0.1) is 0 Å². The molecule has 0 heterocycles. The molecule has 0 saturated heterocycles. The molecule has 0 aliphatic rings. The van der Waals surface area contributed by atoms with Crippen LogP contribution in [0.5, 0.6) is 0 Å². The van der Waals surface area contributed by atoms with Crippen molar-refractivity contribution in [3.8, 4) is 0 Å². The zero-order chi connectivity index (χ0) is 14.2. The van der Waals surface area contributed by atoms with E-state index in [9.17, 15) is 4.79 Å². The van der Waals surface area contributed by atoms with Crippen molar-refractivity contribution in [1.29, 1.82) is 0 Å². The highest BCUT2D eigenvalue weighted by atomic mass is 32.2. The third-order valence-electron chi connectivity index (χ3n) is 2.19. The normalized spacial score (nSPS) is 10.6. The molecule has 0 radical (unpaired) electrons. The molecule has 0 aromatic rings. The van der Waals surface area contributed by atoms with Crippen LogP contribution >= 0.6 is 11.8 Å². The molecule has 0 aliphatic carbocycles. The van der Waals surface area contributed by atoms with Gasteiger partial charge in [-0.05, 0) is 12.7 Å². The van der Waals surface area contributed by atoms with E-state index in [1.807, 2.05) is 6.26 Å². The lowest BCUT2D eigenvalue weighted by Crippen LogP contribution is -2.26. The third-order valence-corrected chi connectivity index (χ3v) is 2.81. The molecular formula is C13H27NO4S. The SMILES string of the molecule is CCCOCCOCCOCCC(=O)NCCSC. The molecular weight excluding hydrogens is 266 g/mol. The summed E-state index contributed by atoms with van der Waals surface area (Å²) < 4.78 is 15.9. The second-order valence-corrected chi connectivity index (χ2v) is 4.92. The Balaban J connectivity index is 3.07. The molecule has 0 rings (SSSR count). The maximum Gasteiger partial charge on any atom is 0.222 e. The number of hydrogen-bond donors (Lipinski definition) is 1. The summed E-state index contributed by atoms with van der Waals surface area (Å²) in [5.41, 5.74) is 0. The first-order chi connectivity index (χ1) is 9.31. The van der Waals surface area contributed by atoms with Crippen molar-refractivity contribution in [3.05, 3.63) is 0 Å². The van der Waals surface area contributed by atoms with Crippen LogP contribution in [-0.2, 0) is 19.0 Å². The number of thioether (sulfide) groups is 1. The standard InChI is InChI=1S/C13H27NO4S/c1-3-6-16-8-10-18-11-9-17-7-4-13(15)14-5-12-19-2/h3-12H2,1-2H3,(H,14,15). The Morgan fingerprint density at radius 3 is 2.16 bits per heavy atom. The van der Waals surface area contributed by atoms with Gasteiger partial charge >= 0.3 is 0 Å². The zero-order valence-corrected chi connectivity index (χ0v) is 12.9. The van der Waals surface area contributed by atoms with Gasteiger partial charge < -0.3 is 19.5 Å². The number of ether oxygens (including phenoxy) is 3. The molecule has 0 aromatic carbocycles. The van der Waals surface area contributed by atoms with Crippen molar-refractivity contribution in [3.63, 3.8) is 0 Å². The molecule has 0 bridgehead atoms. The summed E-state index contributed by atoms with van der Waals surface area (Å²) in [5.74, 6) is 0.989. The van der Waals surface area contributed by atoms with Gasteiger partial charge in [-0.2, -0.15) is 11.8 Å². The maximum absolute atomic E-state index is 11.3. The molecule has 5 nitrogen and oxygen atoms in total. The number of carbonyl (C=O) groups excluding carboxylic acids is 1. The van der Waals surface area contributed by atoms with Gasteiger partial charge in [-0.25, -0.2) is 0 Å². The van der Waals surface area contributed by atoms with Crippen LogP contribution in [0.25, 0.3) is 0 Å². The molecule has 0 saturated carbocycles. The summed E-state index contributed by atoms with van der Waals surface area (Å²) in [4.78, 5) is 11.3. The third kappa shape index (κ3) is 15.6. The largest absolute Gasteiger partial charge is 0.379 e. The molecule has 0 aliphatic heterocycles. The van der Waals surface area contributed by atoms with E-state index in [4.69, 9.17) is 14.2 Å². The number of hydrogen-bond acceptors (Lipinski definition) is 5. The smallest absolute Gasteiger partial charge is 0.222 e. The van der Waals surface area contributed by atoms with Crippen molar-refractivity contribution < 1.29 is 19.0 Å². The number of nitrogens with one attached hydrogen (secondary N) is 1. The van der Waals surface area contributed by atoms with Crippen LogP contribution in [0.1, 0.15) is 19.8 Å². The minimum atomic E-state index is 0.0444. The fraction of sp³-hybridized carbons (Fsp3) is 0.923.